The number of carboxylic acids is 1. The van der Waals surface area contributed by atoms with Crippen LogP contribution in [-0.2, 0) is 0 Å². The van der Waals surface area contributed by atoms with Gasteiger partial charge in [0.2, 0.25) is 0 Å². The second kappa shape index (κ2) is 6.29. The van der Waals surface area contributed by atoms with Crippen LogP contribution in [-0.4, -0.2) is 34.7 Å². The van der Waals surface area contributed by atoms with Crippen molar-refractivity contribution in [2.75, 3.05) is 18.6 Å². The van der Waals surface area contributed by atoms with Crippen LogP contribution in [0.5, 0.6) is 5.75 Å². The van der Waals surface area contributed by atoms with Gasteiger partial charge in [0.1, 0.15) is 0 Å². The van der Waals surface area contributed by atoms with E-state index in [1.54, 1.807) is 23.9 Å². The molecule has 1 heterocycles. The predicted molar refractivity (Wildman–Crippen MR) is 59.7 cm³/mol. The SMILES string of the molecule is CSCCCOc1cccnc1C(=O)O. The zero-order valence-corrected chi connectivity index (χ0v) is 9.29. The van der Waals surface area contributed by atoms with Crippen molar-refractivity contribution in [1.29, 1.82) is 0 Å². The molecule has 0 saturated carbocycles. The third-order valence-electron chi connectivity index (χ3n) is 1.72. The van der Waals surface area contributed by atoms with Gasteiger partial charge in [-0.3, -0.25) is 0 Å². The van der Waals surface area contributed by atoms with Crippen molar-refractivity contribution >= 4 is 17.7 Å². The zero-order valence-electron chi connectivity index (χ0n) is 8.47. The van der Waals surface area contributed by atoms with E-state index in [0.717, 1.165) is 12.2 Å². The lowest BCUT2D eigenvalue weighted by Crippen LogP contribution is -2.06. The molecule has 0 atom stereocenters. The van der Waals surface area contributed by atoms with Crippen LogP contribution in [0.4, 0.5) is 0 Å². The molecule has 0 radical (unpaired) electrons. The molecular weight excluding hydrogens is 214 g/mol. The summed E-state index contributed by atoms with van der Waals surface area (Å²) in [6.07, 6.45) is 4.36. The summed E-state index contributed by atoms with van der Waals surface area (Å²) >= 11 is 1.74. The van der Waals surface area contributed by atoms with E-state index in [1.807, 2.05) is 6.26 Å². The molecule has 0 bridgehead atoms. The minimum Gasteiger partial charge on any atom is -0.491 e. The normalized spacial score (nSPS) is 9.93. The highest BCUT2D eigenvalue weighted by Crippen LogP contribution is 2.15. The van der Waals surface area contributed by atoms with Gasteiger partial charge in [-0.25, -0.2) is 9.78 Å². The summed E-state index contributed by atoms with van der Waals surface area (Å²) in [4.78, 5) is 14.5. The highest BCUT2D eigenvalue weighted by molar-refractivity contribution is 7.98. The molecule has 5 heteroatoms. The van der Waals surface area contributed by atoms with E-state index in [9.17, 15) is 4.79 Å². The van der Waals surface area contributed by atoms with Gasteiger partial charge in [0.15, 0.2) is 11.4 Å². The Bertz CT molecular complexity index is 330. The Hall–Kier alpha value is -1.23. The van der Waals surface area contributed by atoms with Crippen LogP contribution in [0.3, 0.4) is 0 Å². The van der Waals surface area contributed by atoms with Crippen LogP contribution < -0.4 is 4.74 Å². The first kappa shape index (κ1) is 11.8. The zero-order chi connectivity index (χ0) is 11.1. The summed E-state index contributed by atoms with van der Waals surface area (Å²) in [6.45, 7) is 0.521. The molecule has 0 aliphatic heterocycles. The molecule has 0 aliphatic carbocycles. The highest BCUT2D eigenvalue weighted by Gasteiger charge is 2.11. The van der Waals surface area contributed by atoms with E-state index >= 15 is 0 Å². The number of pyridine rings is 1. The van der Waals surface area contributed by atoms with E-state index in [1.165, 1.54) is 6.20 Å². The largest absolute Gasteiger partial charge is 0.491 e. The Labute approximate surface area is 92.7 Å². The highest BCUT2D eigenvalue weighted by atomic mass is 32.2. The molecule has 1 rings (SSSR count). The van der Waals surface area contributed by atoms with Gasteiger partial charge in [0.05, 0.1) is 6.61 Å². The minimum atomic E-state index is -1.06. The van der Waals surface area contributed by atoms with Crippen molar-refractivity contribution in [1.82, 2.24) is 4.98 Å². The number of aromatic carboxylic acids is 1. The third-order valence-corrected chi connectivity index (χ3v) is 2.42. The fourth-order valence-electron chi connectivity index (χ4n) is 1.05. The summed E-state index contributed by atoms with van der Waals surface area (Å²) in [5.74, 6) is 0.282. The molecule has 0 amide bonds. The smallest absolute Gasteiger partial charge is 0.358 e. The van der Waals surface area contributed by atoms with Crippen LogP contribution in [0.1, 0.15) is 16.9 Å². The molecule has 0 aromatic carbocycles. The van der Waals surface area contributed by atoms with Crippen molar-refractivity contribution in [2.24, 2.45) is 0 Å². The van der Waals surface area contributed by atoms with Crippen LogP contribution in [0.25, 0.3) is 0 Å². The van der Waals surface area contributed by atoms with Gasteiger partial charge in [-0.15, -0.1) is 0 Å². The Morgan fingerprint density at radius 1 is 1.67 bits per heavy atom. The van der Waals surface area contributed by atoms with Crippen molar-refractivity contribution in [3.63, 3.8) is 0 Å². The van der Waals surface area contributed by atoms with Gasteiger partial charge in [-0.1, -0.05) is 0 Å². The average Bonchev–Trinajstić information content (AvgIpc) is 2.25. The second-order valence-corrected chi connectivity index (χ2v) is 3.84. The van der Waals surface area contributed by atoms with Crippen LogP contribution >= 0.6 is 11.8 Å². The predicted octanol–water partition coefficient (Wildman–Crippen LogP) is 1.91. The molecule has 0 spiro atoms. The molecule has 82 valence electrons. The lowest BCUT2D eigenvalue weighted by Gasteiger charge is -2.07. The van der Waals surface area contributed by atoms with Crippen LogP contribution in [0, 0.1) is 0 Å². The molecule has 15 heavy (non-hydrogen) atoms. The van der Waals surface area contributed by atoms with Crippen molar-refractivity contribution in [2.45, 2.75) is 6.42 Å². The van der Waals surface area contributed by atoms with Gasteiger partial charge in [0, 0.05) is 6.20 Å². The van der Waals surface area contributed by atoms with E-state index < -0.39 is 5.97 Å². The van der Waals surface area contributed by atoms with Gasteiger partial charge >= 0.3 is 5.97 Å². The van der Waals surface area contributed by atoms with Gasteiger partial charge < -0.3 is 9.84 Å². The van der Waals surface area contributed by atoms with E-state index in [2.05, 4.69) is 4.98 Å². The Kier molecular flexibility index (Phi) is 4.97. The molecular formula is C10H13NO3S. The molecule has 0 aliphatic rings. The molecule has 1 aromatic rings. The average molecular weight is 227 g/mol. The number of thioether (sulfide) groups is 1. The number of rotatable bonds is 6. The fourth-order valence-corrected chi connectivity index (χ4v) is 1.46. The first-order valence-electron chi connectivity index (χ1n) is 4.55. The maximum Gasteiger partial charge on any atom is 0.358 e. The molecule has 0 saturated heterocycles. The molecule has 4 nitrogen and oxygen atoms in total. The maximum atomic E-state index is 10.8. The molecule has 1 N–H and O–H groups in total. The van der Waals surface area contributed by atoms with Crippen LogP contribution in [0.2, 0.25) is 0 Å². The van der Waals surface area contributed by atoms with E-state index in [0.29, 0.717) is 12.4 Å². The lowest BCUT2D eigenvalue weighted by atomic mass is 10.3. The first-order valence-corrected chi connectivity index (χ1v) is 5.95. The fraction of sp³-hybridized carbons (Fsp3) is 0.400. The lowest BCUT2D eigenvalue weighted by molar-refractivity contribution is 0.0685. The molecule has 1 aromatic heterocycles. The number of carboxylic acid groups (broad SMARTS) is 1. The number of ether oxygens (including phenoxy) is 1. The first-order chi connectivity index (χ1) is 7.25. The van der Waals surface area contributed by atoms with Crippen molar-refractivity contribution in [3.8, 4) is 5.75 Å². The van der Waals surface area contributed by atoms with E-state index in [-0.39, 0.29) is 5.69 Å². The Balaban J connectivity index is 2.56. The molecule has 0 unspecified atom stereocenters. The molecule has 0 fully saturated rings. The second-order valence-electron chi connectivity index (χ2n) is 2.85. The van der Waals surface area contributed by atoms with Crippen molar-refractivity contribution in [3.05, 3.63) is 24.0 Å². The minimum absolute atomic E-state index is 0.0262. The summed E-state index contributed by atoms with van der Waals surface area (Å²) in [5, 5.41) is 8.82. The summed E-state index contributed by atoms with van der Waals surface area (Å²) < 4.78 is 5.34. The van der Waals surface area contributed by atoms with Gasteiger partial charge in [0.25, 0.3) is 0 Å². The number of aromatic nitrogens is 1. The Morgan fingerprint density at radius 2 is 2.47 bits per heavy atom. The van der Waals surface area contributed by atoms with Crippen LogP contribution in [0.15, 0.2) is 18.3 Å². The standard InChI is InChI=1S/C10H13NO3S/c1-15-7-3-6-14-8-4-2-5-11-9(8)10(12)13/h2,4-5H,3,6-7H2,1H3,(H,12,13). The number of carbonyl (C=O) groups is 1. The van der Waals surface area contributed by atoms with Gasteiger partial charge in [-0.05, 0) is 30.6 Å². The quantitative estimate of drug-likeness (QED) is 0.752. The van der Waals surface area contributed by atoms with E-state index in [4.69, 9.17) is 9.84 Å². The summed E-state index contributed by atoms with van der Waals surface area (Å²) in [5.41, 5.74) is -0.0262. The summed E-state index contributed by atoms with van der Waals surface area (Å²) in [7, 11) is 0. The summed E-state index contributed by atoms with van der Waals surface area (Å²) in [6, 6.07) is 3.28. The number of hydrogen-bond acceptors (Lipinski definition) is 4. The topological polar surface area (TPSA) is 59.4 Å². The van der Waals surface area contributed by atoms with Gasteiger partial charge in [-0.2, -0.15) is 11.8 Å². The third kappa shape index (κ3) is 3.79. The van der Waals surface area contributed by atoms with Crippen molar-refractivity contribution < 1.29 is 14.6 Å². The number of hydrogen-bond donors (Lipinski definition) is 1. The Morgan fingerprint density at radius 3 is 3.13 bits per heavy atom. The monoisotopic (exact) mass is 227 g/mol. The number of nitrogens with zero attached hydrogens (tertiary/aromatic N) is 1. The maximum absolute atomic E-state index is 10.8.